The van der Waals surface area contributed by atoms with Crippen molar-refractivity contribution in [2.45, 2.75) is 75.1 Å². The minimum Gasteiger partial charge on any atom is -0.481 e. The van der Waals surface area contributed by atoms with Gasteiger partial charge in [-0.1, -0.05) is 106 Å². The molecule has 5 heteroatoms. The van der Waals surface area contributed by atoms with E-state index in [1.165, 1.54) is 16.0 Å². The lowest BCUT2D eigenvalue weighted by Crippen LogP contribution is -2.28. The normalized spacial score (nSPS) is 13.0. The Balaban J connectivity index is 2.05. The van der Waals surface area contributed by atoms with Gasteiger partial charge in [-0.25, -0.2) is 0 Å². The summed E-state index contributed by atoms with van der Waals surface area (Å²) in [4.78, 5) is 14.6. The van der Waals surface area contributed by atoms with Gasteiger partial charge in [0.05, 0.1) is 10.9 Å². The molecule has 0 aliphatic rings. The number of halogens is 1. The third-order valence-electron chi connectivity index (χ3n) is 6.99. The van der Waals surface area contributed by atoms with E-state index < -0.39 is 16.9 Å². The molecule has 0 spiro atoms. The van der Waals surface area contributed by atoms with Gasteiger partial charge in [0.2, 0.25) is 0 Å². The van der Waals surface area contributed by atoms with Crippen molar-refractivity contribution in [3.8, 4) is 0 Å². The second kappa shape index (κ2) is 11.0. The third kappa shape index (κ3) is 5.61. The van der Waals surface area contributed by atoms with Gasteiger partial charge < -0.3 is 9.67 Å². The Kier molecular flexibility index (Phi) is 8.11. The summed E-state index contributed by atoms with van der Waals surface area (Å²) in [5.74, 6) is -0.0859. The first-order valence-electron chi connectivity index (χ1n) is 12.9. The predicted molar refractivity (Wildman–Crippen MR) is 156 cm³/mol. The lowest BCUT2D eigenvalue weighted by molar-refractivity contribution is -0.146. The Labute approximate surface area is 229 Å². The fourth-order valence-electron chi connectivity index (χ4n) is 4.67. The zero-order valence-corrected chi connectivity index (χ0v) is 24.0. The first-order valence-corrected chi connectivity index (χ1v) is 14.1. The number of hydrogen-bond acceptors (Lipinski definition) is 2. The van der Waals surface area contributed by atoms with E-state index in [2.05, 4.69) is 74.7 Å². The Morgan fingerprint density at radius 1 is 0.919 bits per heavy atom. The van der Waals surface area contributed by atoms with E-state index >= 15 is 0 Å². The van der Waals surface area contributed by atoms with E-state index in [-0.39, 0.29) is 0 Å². The van der Waals surface area contributed by atoms with Crippen LogP contribution in [0.3, 0.4) is 0 Å². The van der Waals surface area contributed by atoms with E-state index in [4.69, 9.17) is 11.6 Å². The van der Waals surface area contributed by atoms with E-state index in [0.29, 0.717) is 18.3 Å². The topological polar surface area (TPSA) is 42.2 Å². The summed E-state index contributed by atoms with van der Waals surface area (Å²) in [6.07, 6.45) is 0.357. The van der Waals surface area contributed by atoms with Gasteiger partial charge in [0.1, 0.15) is 5.50 Å². The number of carboxylic acids is 1. The van der Waals surface area contributed by atoms with Gasteiger partial charge in [-0.2, -0.15) is 0 Å². The molecule has 3 nitrogen and oxygen atoms in total. The van der Waals surface area contributed by atoms with Gasteiger partial charge in [0.25, 0.3) is 0 Å². The number of hydrogen-bond donors (Lipinski definition) is 1. The first kappa shape index (κ1) is 27.3. The van der Waals surface area contributed by atoms with E-state index in [9.17, 15) is 9.90 Å². The van der Waals surface area contributed by atoms with Gasteiger partial charge >= 0.3 is 5.97 Å². The lowest BCUT2D eigenvalue weighted by Gasteiger charge is -2.24. The summed E-state index contributed by atoms with van der Waals surface area (Å²) in [6.45, 7) is 12.4. The van der Waals surface area contributed by atoms with E-state index in [0.717, 1.165) is 27.1 Å². The molecule has 4 aromatic rings. The smallest absolute Gasteiger partial charge is 0.309 e. The van der Waals surface area contributed by atoms with Crippen molar-refractivity contribution >= 4 is 40.2 Å². The minimum absolute atomic E-state index is 0.357. The third-order valence-corrected chi connectivity index (χ3v) is 8.69. The molecule has 0 fully saturated rings. The number of aliphatic carboxylic acids is 1. The molecule has 37 heavy (non-hydrogen) atoms. The molecule has 1 N–H and O–H groups in total. The summed E-state index contributed by atoms with van der Waals surface area (Å²) in [6, 6.07) is 25.1. The van der Waals surface area contributed by atoms with E-state index in [1.54, 1.807) is 25.6 Å². The highest BCUT2D eigenvalue weighted by atomic mass is 35.5. The maximum Gasteiger partial charge on any atom is 0.309 e. The SMILES string of the molecule is CC(C)c1ccc2c(c1)c(Sc1ccccc1C(C)C)c(CC(C)(C)C(=O)O)n2C(Cl)c1ccccc1. The van der Waals surface area contributed by atoms with Crippen molar-refractivity contribution in [1.29, 1.82) is 0 Å². The fourth-order valence-corrected chi connectivity index (χ4v) is 6.39. The second-order valence-corrected chi connectivity index (χ2v) is 12.4. The summed E-state index contributed by atoms with van der Waals surface area (Å²) in [7, 11) is 0. The van der Waals surface area contributed by atoms with Crippen LogP contribution in [0.4, 0.5) is 0 Å². The van der Waals surface area contributed by atoms with Crippen LogP contribution in [0.2, 0.25) is 0 Å². The molecule has 0 aliphatic heterocycles. The van der Waals surface area contributed by atoms with Crippen molar-refractivity contribution in [3.63, 3.8) is 0 Å². The van der Waals surface area contributed by atoms with Crippen LogP contribution in [0.1, 0.15) is 81.3 Å². The molecule has 1 aromatic heterocycles. The van der Waals surface area contributed by atoms with Crippen molar-refractivity contribution in [1.82, 2.24) is 4.57 Å². The molecule has 194 valence electrons. The van der Waals surface area contributed by atoms with Gasteiger partial charge in [-0.05, 0) is 60.6 Å². The molecule has 0 saturated carbocycles. The lowest BCUT2D eigenvalue weighted by atomic mass is 9.88. The Morgan fingerprint density at radius 3 is 2.19 bits per heavy atom. The van der Waals surface area contributed by atoms with Gasteiger partial charge in [-0.3, -0.25) is 4.79 Å². The van der Waals surface area contributed by atoms with Crippen LogP contribution in [-0.2, 0) is 11.2 Å². The monoisotopic (exact) mass is 533 g/mol. The van der Waals surface area contributed by atoms with Crippen LogP contribution in [-0.4, -0.2) is 15.6 Å². The van der Waals surface area contributed by atoms with Crippen LogP contribution in [0.15, 0.2) is 82.6 Å². The molecule has 1 heterocycles. The molecule has 4 rings (SSSR count). The Bertz CT molecular complexity index is 1410. The average Bonchev–Trinajstić information content (AvgIpc) is 3.15. The number of aromatic nitrogens is 1. The first-order chi connectivity index (χ1) is 17.5. The summed E-state index contributed by atoms with van der Waals surface area (Å²) < 4.78 is 2.15. The van der Waals surface area contributed by atoms with E-state index in [1.807, 2.05) is 30.3 Å². The predicted octanol–water partition coefficient (Wildman–Crippen LogP) is 9.48. The van der Waals surface area contributed by atoms with Crippen molar-refractivity contribution < 1.29 is 9.90 Å². The van der Waals surface area contributed by atoms with Gasteiger partial charge in [0, 0.05) is 27.3 Å². The number of rotatable bonds is 9. The van der Waals surface area contributed by atoms with Crippen LogP contribution in [0.5, 0.6) is 0 Å². The van der Waals surface area contributed by atoms with Crippen LogP contribution in [0.25, 0.3) is 10.9 Å². The van der Waals surface area contributed by atoms with Crippen molar-refractivity contribution in [2.75, 3.05) is 0 Å². The number of carboxylic acid groups (broad SMARTS) is 1. The standard InChI is InChI=1S/C32H36ClNO2S/c1-20(2)23-16-17-26-25(18-23)29(37-28-15-11-10-14-24(28)21(3)4)27(19-32(5,6)31(35)36)34(26)30(33)22-12-8-7-9-13-22/h7-18,20-21,30H,19H2,1-6H3,(H,35,36). The molecule has 0 saturated heterocycles. The highest BCUT2D eigenvalue weighted by molar-refractivity contribution is 7.99. The molecule has 1 unspecified atom stereocenters. The summed E-state index contributed by atoms with van der Waals surface area (Å²) in [5.41, 5.74) is 4.05. The largest absolute Gasteiger partial charge is 0.481 e. The second-order valence-electron chi connectivity index (χ2n) is 11.0. The van der Waals surface area contributed by atoms with Crippen molar-refractivity contribution in [3.05, 3.63) is 95.2 Å². The van der Waals surface area contributed by atoms with Gasteiger partial charge in [-0.15, -0.1) is 0 Å². The minimum atomic E-state index is -0.965. The average molecular weight is 534 g/mol. The number of benzene rings is 3. The van der Waals surface area contributed by atoms with Crippen LogP contribution in [0, 0.1) is 5.41 Å². The van der Waals surface area contributed by atoms with Gasteiger partial charge in [0.15, 0.2) is 0 Å². The molecular weight excluding hydrogens is 498 g/mol. The Morgan fingerprint density at radius 2 is 1.57 bits per heavy atom. The Hall–Kier alpha value is -2.69. The molecule has 0 amide bonds. The molecule has 1 atom stereocenters. The summed E-state index contributed by atoms with van der Waals surface area (Å²) in [5, 5.41) is 11.2. The number of carbonyl (C=O) groups is 1. The quantitative estimate of drug-likeness (QED) is 0.218. The molecule has 0 bridgehead atoms. The zero-order chi connectivity index (χ0) is 26.9. The highest BCUT2D eigenvalue weighted by Gasteiger charge is 2.33. The zero-order valence-electron chi connectivity index (χ0n) is 22.5. The number of nitrogens with zero attached hydrogens (tertiary/aromatic N) is 1. The maximum atomic E-state index is 12.3. The molecule has 3 aromatic carbocycles. The molecule has 0 aliphatic carbocycles. The number of fused-ring (bicyclic) bond motifs is 1. The fraction of sp³-hybridized carbons (Fsp3) is 0.344. The maximum absolute atomic E-state index is 12.3. The van der Waals surface area contributed by atoms with Crippen LogP contribution >= 0.6 is 23.4 Å². The van der Waals surface area contributed by atoms with Crippen molar-refractivity contribution in [2.24, 2.45) is 5.41 Å². The highest BCUT2D eigenvalue weighted by Crippen LogP contribution is 2.46. The van der Waals surface area contributed by atoms with Crippen LogP contribution < -0.4 is 0 Å². The molecular formula is C32H36ClNO2S. The summed E-state index contributed by atoms with van der Waals surface area (Å²) >= 11 is 8.96. The molecule has 0 radical (unpaired) electrons. The number of alkyl halides is 1.